The summed E-state index contributed by atoms with van der Waals surface area (Å²) in [5.74, 6) is 0.738. The molecular formula is C19H35IN4O4S2. The van der Waals surface area contributed by atoms with Crippen LogP contribution in [0.2, 0.25) is 0 Å². The van der Waals surface area contributed by atoms with Crippen LogP contribution in [0.3, 0.4) is 0 Å². The van der Waals surface area contributed by atoms with Crippen LogP contribution >= 0.6 is 35.3 Å². The van der Waals surface area contributed by atoms with E-state index in [-0.39, 0.29) is 30.1 Å². The largest absolute Gasteiger partial charge is 0.379 e. The number of ether oxygens (including phenoxy) is 2. The molecule has 11 heteroatoms. The summed E-state index contributed by atoms with van der Waals surface area (Å²) in [7, 11) is -1.64. The molecule has 2 N–H and O–H groups in total. The molecule has 1 aliphatic rings. The second kappa shape index (κ2) is 14.6. The molecule has 174 valence electrons. The normalized spacial score (nSPS) is 17.2. The smallest absolute Gasteiger partial charge is 0.252 e. The molecular weight excluding hydrogens is 539 g/mol. The summed E-state index contributed by atoms with van der Waals surface area (Å²) in [6.07, 6.45) is 2.87. The highest BCUT2D eigenvalue weighted by Gasteiger charge is 2.23. The lowest BCUT2D eigenvalue weighted by molar-refractivity contribution is 0.0420. The van der Waals surface area contributed by atoms with Crippen molar-refractivity contribution < 1.29 is 17.9 Å². The molecule has 1 atom stereocenters. The molecule has 30 heavy (non-hydrogen) atoms. The van der Waals surface area contributed by atoms with Crippen molar-refractivity contribution in [3.63, 3.8) is 0 Å². The molecule has 1 aromatic heterocycles. The summed E-state index contributed by atoms with van der Waals surface area (Å²) in [4.78, 5) is 5.25. The molecule has 0 amide bonds. The van der Waals surface area contributed by atoms with Crippen LogP contribution in [-0.4, -0.2) is 77.8 Å². The van der Waals surface area contributed by atoms with Crippen molar-refractivity contribution in [2.45, 2.75) is 43.4 Å². The third kappa shape index (κ3) is 8.58. The van der Waals surface area contributed by atoms with E-state index in [0.29, 0.717) is 37.1 Å². The lowest BCUT2D eigenvalue weighted by Crippen LogP contribution is -2.39. The van der Waals surface area contributed by atoms with Crippen LogP contribution in [0.15, 0.2) is 21.3 Å². The highest BCUT2D eigenvalue weighted by atomic mass is 127. The number of guanidine groups is 1. The van der Waals surface area contributed by atoms with Crippen LogP contribution in [0, 0.1) is 0 Å². The summed E-state index contributed by atoms with van der Waals surface area (Å²) in [5, 5.41) is 6.54. The van der Waals surface area contributed by atoms with Crippen LogP contribution in [0.25, 0.3) is 0 Å². The first-order chi connectivity index (χ1) is 14.0. The summed E-state index contributed by atoms with van der Waals surface area (Å²) in [6, 6.07) is 3.60. The minimum Gasteiger partial charge on any atom is -0.379 e. The molecule has 2 rings (SSSR count). The Morgan fingerprint density at radius 1 is 1.30 bits per heavy atom. The number of sulfonamides is 1. The fraction of sp³-hybridized carbons (Fsp3) is 0.737. The van der Waals surface area contributed by atoms with Crippen LogP contribution in [0.5, 0.6) is 0 Å². The van der Waals surface area contributed by atoms with Gasteiger partial charge in [0.25, 0.3) is 10.0 Å². The maximum atomic E-state index is 12.6. The van der Waals surface area contributed by atoms with Gasteiger partial charge >= 0.3 is 0 Å². The minimum atomic E-state index is -3.37. The fourth-order valence-electron chi connectivity index (χ4n) is 3.02. The predicted molar refractivity (Wildman–Crippen MR) is 133 cm³/mol. The number of hydrogen-bond donors (Lipinski definition) is 2. The Bertz CT molecular complexity index is 733. The van der Waals surface area contributed by atoms with Crippen molar-refractivity contribution in [1.29, 1.82) is 0 Å². The molecule has 0 aromatic carbocycles. The van der Waals surface area contributed by atoms with Crippen molar-refractivity contribution in [2.75, 3.05) is 53.0 Å². The Labute approximate surface area is 201 Å². The van der Waals surface area contributed by atoms with E-state index in [4.69, 9.17) is 9.47 Å². The van der Waals surface area contributed by atoms with Gasteiger partial charge in [0.15, 0.2) is 5.96 Å². The Hall–Kier alpha value is -0.470. The molecule has 1 fully saturated rings. The van der Waals surface area contributed by atoms with E-state index < -0.39 is 10.0 Å². The van der Waals surface area contributed by atoms with E-state index in [1.165, 1.54) is 15.6 Å². The molecule has 0 saturated carbocycles. The van der Waals surface area contributed by atoms with E-state index in [1.807, 2.05) is 19.9 Å². The summed E-state index contributed by atoms with van der Waals surface area (Å²) in [5.41, 5.74) is 0. The molecule has 1 aliphatic heterocycles. The number of halogens is 1. The van der Waals surface area contributed by atoms with Gasteiger partial charge in [-0.05, 0) is 31.4 Å². The molecule has 8 nitrogen and oxygen atoms in total. The standard InChI is InChI=1S/C19H34N4O4S2.HI/c1-4-23(5-2)29(24,25)18-8-7-17(28-18)9-12-22-19(20-3)21-11-6-13-27-16-10-14-26-15-16;/h7-8,16H,4-6,9-15H2,1-3H3,(H2,20,21,22);1H. The summed E-state index contributed by atoms with van der Waals surface area (Å²) < 4.78 is 38.1. The highest BCUT2D eigenvalue weighted by molar-refractivity contribution is 14.0. The topological polar surface area (TPSA) is 92.3 Å². The quantitative estimate of drug-likeness (QED) is 0.172. The molecule has 1 saturated heterocycles. The summed E-state index contributed by atoms with van der Waals surface area (Å²) in [6.45, 7) is 8.34. The first-order valence-corrected chi connectivity index (χ1v) is 12.5. The maximum absolute atomic E-state index is 12.6. The minimum absolute atomic E-state index is 0. The Kier molecular flexibility index (Phi) is 13.4. The fourth-order valence-corrected chi connectivity index (χ4v) is 5.99. The van der Waals surface area contributed by atoms with E-state index in [0.717, 1.165) is 43.3 Å². The lowest BCUT2D eigenvalue weighted by Gasteiger charge is -2.16. The van der Waals surface area contributed by atoms with E-state index in [1.54, 1.807) is 13.1 Å². The van der Waals surface area contributed by atoms with Gasteiger partial charge < -0.3 is 20.1 Å². The number of hydrogen-bond acceptors (Lipinski definition) is 6. The SMILES string of the molecule is CCN(CC)S(=O)(=O)c1ccc(CCNC(=NC)NCCCOC2CCOC2)s1.I. The summed E-state index contributed by atoms with van der Waals surface area (Å²) >= 11 is 1.34. The van der Waals surface area contributed by atoms with Crippen LogP contribution < -0.4 is 10.6 Å². The van der Waals surface area contributed by atoms with E-state index in [9.17, 15) is 8.42 Å². The van der Waals surface area contributed by atoms with Gasteiger partial charge in [0.1, 0.15) is 4.21 Å². The number of nitrogens with zero attached hydrogens (tertiary/aromatic N) is 2. The monoisotopic (exact) mass is 574 g/mol. The van der Waals surface area contributed by atoms with Crippen molar-refractivity contribution in [3.05, 3.63) is 17.0 Å². The first kappa shape index (κ1) is 27.6. The number of rotatable bonds is 12. The zero-order chi connectivity index (χ0) is 21.1. The Balaban J connectivity index is 0.00000450. The molecule has 0 radical (unpaired) electrons. The van der Waals surface area contributed by atoms with Crippen molar-refractivity contribution in [3.8, 4) is 0 Å². The van der Waals surface area contributed by atoms with Crippen molar-refractivity contribution in [2.24, 2.45) is 4.99 Å². The van der Waals surface area contributed by atoms with Crippen molar-refractivity contribution in [1.82, 2.24) is 14.9 Å². The Morgan fingerprint density at radius 3 is 2.67 bits per heavy atom. The molecule has 2 heterocycles. The molecule has 1 unspecified atom stereocenters. The van der Waals surface area contributed by atoms with E-state index >= 15 is 0 Å². The molecule has 0 bridgehead atoms. The number of thiophene rings is 1. The third-order valence-electron chi connectivity index (χ3n) is 4.68. The van der Waals surface area contributed by atoms with Gasteiger partial charge in [-0.25, -0.2) is 8.42 Å². The Morgan fingerprint density at radius 2 is 2.03 bits per heavy atom. The molecule has 1 aromatic rings. The van der Waals surface area contributed by atoms with Gasteiger partial charge in [-0.3, -0.25) is 4.99 Å². The first-order valence-electron chi connectivity index (χ1n) is 10.2. The van der Waals surface area contributed by atoms with E-state index in [2.05, 4.69) is 15.6 Å². The highest BCUT2D eigenvalue weighted by Crippen LogP contribution is 2.25. The average molecular weight is 575 g/mol. The van der Waals surface area contributed by atoms with Gasteiger partial charge in [-0.2, -0.15) is 4.31 Å². The molecule has 0 spiro atoms. The second-order valence-electron chi connectivity index (χ2n) is 6.70. The number of aliphatic imine (C=N–C) groups is 1. The van der Waals surface area contributed by atoms with Gasteiger partial charge in [0.05, 0.1) is 12.7 Å². The van der Waals surface area contributed by atoms with Crippen LogP contribution in [0.1, 0.15) is 31.6 Å². The number of nitrogens with one attached hydrogen (secondary N) is 2. The molecule has 0 aliphatic carbocycles. The zero-order valence-electron chi connectivity index (χ0n) is 18.1. The van der Waals surface area contributed by atoms with Gasteiger partial charge in [-0.1, -0.05) is 13.8 Å². The van der Waals surface area contributed by atoms with Crippen LogP contribution in [-0.2, 0) is 25.9 Å². The van der Waals surface area contributed by atoms with Gasteiger partial charge in [0, 0.05) is 51.3 Å². The maximum Gasteiger partial charge on any atom is 0.252 e. The third-order valence-corrected chi connectivity index (χ3v) is 8.34. The van der Waals surface area contributed by atoms with Crippen LogP contribution in [0.4, 0.5) is 0 Å². The van der Waals surface area contributed by atoms with Gasteiger partial charge in [0.2, 0.25) is 0 Å². The lowest BCUT2D eigenvalue weighted by atomic mass is 10.3. The predicted octanol–water partition coefficient (Wildman–Crippen LogP) is 2.30. The average Bonchev–Trinajstić information content (AvgIpc) is 3.39. The second-order valence-corrected chi connectivity index (χ2v) is 10.0. The van der Waals surface area contributed by atoms with Crippen molar-refractivity contribution >= 4 is 51.3 Å². The van der Waals surface area contributed by atoms with Gasteiger partial charge in [-0.15, -0.1) is 35.3 Å². The zero-order valence-corrected chi connectivity index (χ0v) is 22.0.